The Morgan fingerprint density at radius 1 is 0.917 bits per heavy atom. The van der Waals surface area contributed by atoms with Crippen molar-refractivity contribution >= 4 is 28.3 Å². The predicted molar refractivity (Wildman–Crippen MR) is 137 cm³/mol. The first-order valence-corrected chi connectivity index (χ1v) is 11.4. The van der Waals surface area contributed by atoms with Gasteiger partial charge >= 0.3 is 0 Å². The SMILES string of the molecule is CCOc1ccc2c(c1)c(=O)c(C(=O)c1ccccc1)cn2CC(=O)Nc1cc(OC)ccc1OC. The van der Waals surface area contributed by atoms with E-state index in [4.69, 9.17) is 14.2 Å². The fraction of sp³-hybridized carbons (Fsp3) is 0.179. The number of pyridine rings is 1. The number of carbonyl (C=O) groups excluding carboxylic acids is 2. The standard InChI is InChI=1S/C28H26N2O6/c1-4-36-20-10-12-24-21(14-20)28(33)22(27(32)18-8-6-5-7-9-18)16-30(24)17-26(31)29-23-15-19(34-2)11-13-25(23)35-3/h5-16H,4,17H2,1-3H3,(H,29,31). The summed E-state index contributed by atoms with van der Waals surface area (Å²) in [5.74, 6) is 0.726. The molecule has 4 aromatic rings. The second-order valence-electron chi connectivity index (χ2n) is 7.92. The van der Waals surface area contributed by atoms with Gasteiger partial charge in [-0.05, 0) is 37.3 Å². The van der Waals surface area contributed by atoms with E-state index in [0.29, 0.717) is 40.6 Å². The molecule has 0 fully saturated rings. The lowest BCUT2D eigenvalue weighted by Gasteiger charge is -2.16. The van der Waals surface area contributed by atoms with Gasteiger partial charge in [0.15, 0.2) is 5.78 Å². The Balaban J connectivity index is 1.77. The van der Waals surface area contributed by atoms with Crippen LogP contribution in [0.3, 0.4) is 0 Å². The van der Waals surface area contributed by atoms with Crippen LogP contribution in [-0.2, 0) is 11.3 Å². The predicted octanol–water partition coefficient (Wildman–Crippen LogP) is 4.29. The number of hydrogen-bond donors (Lipinski definition) is 1. The number of ether oxygens (including phenoxy) is 3. The molecule has 1 heterocycles. The Labute approximate surface area is 208 Å². The number of anilines is 1. The number of nitrogens with zero attached hydrogens (tertiary/aromatic N) is 1. The van der Waals surface area contributed by atoms with Crippen LogP contribution in [0.4, 0.5) is 5.69 Å². The number of fused-ring (bicyclic) bond motifs is 1. The second kappa shape index (κ2) is 10.8. The normalized spacial score (nSPS) is 10.6. The molecule has 1 N–H and O–H groups in total. The number of benzene rings is 3. The van der Waals surface area contributed by atoms with Crippen LogP contribution in [-0.4, -0.2) is 37.1 Å². The van der Waals surface area contributed by atoms with Gasteiger partial charge in [0.05, 0.1) is 43.0 Å². The number of nitrogens with one attached hydrogen (secondary N) is 1. The molecule has 0 bridgehead atoms. The first kappa shape index (κ1) is 24.5. The minimum Gasteiger partial charge on any atom is -0.497 e. The van der Waals surface area contributed by atoms with Crippen molar-refractivity contribution in [3.63, 3.8) is 0 Å². The van der Waals surface area contributed by atoms with Crippen LogP contribution in [0, 0.1) is 0 Å². The van der Waals surface area contributed by atoms with Crippen molar-refractivity contribution < 1.29 is 23.8 Å². The van der Waals surface area contributed by atoms with E-state index >= 15 is 0 Å². The van der Waals surface area contributed by atoms with Crippen molar-refractivity contribution in [3.8, 4) is 17.2 Å². The van der Waals surface area contributed by atoms with Gasteiger partial charge in [0.1, 0.15) is 23.8 Å². The summed E-state index contributed by atoms with van der Waals surface area (Å²) in [5.41, 5.74) is 0.861. The van der Waals surface area contributed by atoms with Crippen molar-refractivity contribution in [3.05, 3.63) is 94.3 Å². The monoisotopic (exact) mass is 486 g/mol. The maximum absolute atomic E-state index is 13.4. The first-order chi connectivity index (χ1) is 17.4. The van der Waals surface area contributed by atoms with Gasteiger partial charge in [0.2, 0.25) is 11.3 Å². The van der Waals surface area contributed by atoms with E-state index in [1.54, 1.807) is 71.3 Å². The molecule has 184 valence electrons. The molecule has 0 aliphatic rings. The molecule has 8 nitrogen and oxygen atoms in total. The van der Waals surface area contributed by atoms with Gasteiger partial charge in [0, 0.05) is 17.8 Å². The molecule has 8 heteroatoms. The molecule has 1 amide bonds. The summed E-state index contributed by atoms with van der Waals surface area (Å²) in [4.78, 5) is 39.7. The Morgan fingerprint density at radius 3 is 2.36 bits per heavy atom. The average molecular weight is 487 g/mol. The van der Waals surface area contributed by atoms with Gasteiger partial charge in [-0.25, -0.2) is 0 Å². The van der Waals surface area contributed by atoms with E-state index in [1.807, 2.05) is 6.92 Å². The molecule has 0 radical (unpaired) electrons. The summed E-state index contributed by atoms with van der Waals surface area (Å²) in [6, 6.07) is 18.6. The molecular formula is C28H26N2O6. The van der Waals surface area contributed by atoms with E-state index in [1.165, 1.54) is 20.4 Å². The van der Waals surface area contributed by atoms with Crippen LogP contribution in [0.5, 0.6) is 17.2 Å². The van der Waals surface area contributed by atoms with Crippen LogP contribution in [0.15, 0.2) is 77.7 Å². The fourth-order valence-electron chi connectivity index (χ4n) is 3.93. The fourth-order valence-corrected chi connectivity index (χ4v) is 3.93. The van der Waals surface area contributed by atoms with E-state index in [2.05, 4.69) is 5.32 Å². The molecule has 0 saturated carbocycles. The number of hydrogen-bond acceptors (Lipinski definition) is 6. The summed E-state index contributed by atoms with van der Waals surface area (Å²) in [7, 11) is 3.03. The smallest absolute Gasteiger partial charge is 0.244 e. The van der Waals surface area contributed by atoms with Crippen molar-refractivity contribution in [2.75, 3.05) is 26.1 Å². The largest absolute Gasteiger partial charge is 0.497 e. The second-order valence-corrected chi connectivity index (χ2v) is 7.92. The van der Waals surface area contributed by atoms with E-state index in [9.17, 15) is 14.4 Å². The molecule has 0 atom stereocenters. The van der Waals surface area contributed by atoms with Crippen molar-refractivity contribution in [2.45, 2.75) is 13.5 Å². The number of amides is 1. The minimum absolute atomic E-state index is 0.0332. The minimum atomic E-state index is -0.425. The molecule has 36 heavy (non-hydrogen) atoms. The van der Waals surface area contributed by atoms with E-state index < -0.39 is 11.2 Å². The topological polar surface area (TPSA) is 95.9 Å². The van der Waals surface area contributed by atoms with Gasteiger partial charge in [-0.1, -0.05) is 30.3 Å². The van der Waals surface area contributed by atoms with Crippen molar-refractivity contribution in [1.82, 2.24) is 4.57 Å². The highest BCUT2D eigenvalue weighted by molar-refractivity contribution is 6.10. The molecule has 0 aliphatic heterocycles. The van der Waals surface area contributed by atoms with Crippen molar-refractivity contribution in [1.29, 1.82) is 0 Å². The quantitative estimate of drug-likeness (QED) is 0.355. The highest BCUT2D eigenvalue weighted by Gasteiger charge is 2.19. The molecule has 3 aromatic carbocycles. The third-order valence-electron chi connectivity index (χ3n) is 5.64. The number of aromatic nitrogens is 1. The van der Waals surface area contributed by atoms with Gasteiger partial charge in [-0.15, -0.1) is 0 Å². The number of ketones is 1. The third-order valence-corrected chi connectivity index (χ3v) is 5.64. The third kappa shape index (κ3) is 5.07. The average Bonchev–Trinajstić information content (AvgIpc) is 2.90. The van der Waals surface area contributed by atoms with Crippen LogP contribution in [0.25, 0.3) is 10.9 Å². The Bertz CT molecular complexity index is 1480. The maximum atomic E-state index is 13.4. The zero-order chi connectivity index (χ0) is 25.7. The van der Waals surface area contributed by atoms with Gasteiger partial charge in [-0.3, -0.25) is 14.4 Å². The number of rotatable bonds is 9. The lowest BCUT2D eigenvalue weighted by Crippen LogP contribution is -2.24. The molecule has 0 saturated heterocycles. The van der Waals surface area contributed by atoms with E-state index in [-0.39, 0.29) is 23.4 Å². The summed E-state index contributed by atoms with van der Waals surface area (Å²) < 4.78 is 17.7. The summed E-state index contributed by atoms with van der Waals surface area (Å²) in [5, 5.41) is 3.11. The lowest BCUT2D eigenvalue weighted by molar-refractivity contribution is -0.116. The molecule has 4 rings (SSSR count). The Morgan fingerprint density at radius 2 is 1.67 bits per heavy atom. The summed E-state index contributed by atoms with van der Waals surface area (Å²) in [6.07, 6.45) is 1.43. The lowest BCUT2D eigenvalue weighted by atomic mass is 10.0. The number of methoxy groups -OCH3 is 2. The highest BCUT2D eigenvalue weighted by Crippen LogP contribution is 2.29. The summed E-state index contributed by atoms with van der Waals surface area (Å²) >= 11 is 0. The van der Waals surface area contributed by atoms with Crippen LogP contribution in [0.2, 0.25) is 0 Å². The zero-order valence-electron chi connectivity index (χ0n) is 20.2. The molecule has 1 aromatic heterocycles. The van der Waals surface area contributed by atoms with Gasteiger partial charge in [-0.2, -0.15) is 0 Å². The summed E-state index contributed by atoms with van der Waals surface area (Å²) in [6.45, 7) is 2.11. The molecule has 0 unspecified atom stereocenters. The van der Waals surface area contributed by atoms with Crippen LogP contribution in [0.1, 0.15) is 22.8 Å². The van der Waals surface area contributed by atoms with Gasteiger partial charge < -0.3 is 24.1 Å². The number of carbonyl (C=O) groups is 2. The molecule has 0 aliphatic carbocycles. The van der Waals surface area contributed by atoms with Crippen LogP contribution >= 0.6 is 0 Å². The van der Waals surface area contributed by atoms with Gasteiger partial charge in [0.25, 0.3) is 0 Å². The molecule has 0 spiro atoms. The highest BCUT2D eigenvalue weighted by atomic mass is 16.5. The van der Waals surface area contributed by atoms with Crippen LogP contribution < -0.4 is 25.0 Å². The Kier molecular flexibility index (Phi) is 7.34. The van der Waals surface area contributed by atoms with E-state index in [0.717, 1.165) is 0 Å². The maximum Gasteiger partial charge on any atom is 0.244 e. The Hall–Kier alpha value is -4.59. The first-order valence-electron chi connectivity index (χ1n) is 11.4. The zero-order valence-corrected chi connectivity index (χ0v) is 20.2. The van der Waals surface area contributed by atoms with Crippen molar-refractivity contribution in [2.24, 2.45) is 0 Å². The molecular weight excluding hydrogens is 460 g/mol.